The molecule has 3 rings (SSSR count). The molecule has 0 unspecified atom stereocenters. The predicted molar refractivity (Wildman–Crippen MR) is 133 cm³/mol. The second-order valence-corrected chi connectivity index (χ2v) is 9.42. The summed E-state index contributed by atoms with van der Waals surface area (Å²) in [5.74, 6) is -0.225. The maximum atomic E-state index is 12.8. The maximum absolute atomic E-state index is 12.8. The van der Waals surface area contributed by atoms with Gasteiger partial charge in [0.25, 0.3) is 5.91 Å². The van der Waals surface area contributed by atoms with Crippen LogP contribution < -0.4 is 5.43 Å². The molecule has 2 heterocycles. The molecule has 1 aromatic rings. The van der Waals surface area contributed by atoms with Crippen LogP contribution >= 0.6 is 24.0 Å². The fraction of sp³-hybridized carbons (Fsp3) is 0.478. The molecule has 10 heteroatoms. The van der Waals surface area contributed by atoms with Gasteiger partial charge in [-0.05, 0) is 37.0 Å². The van der Waals surface area contributed by atoms with Gasteiger partial charge in [0, 0.05) is 39.1 Å². The molecule has 33 heavy (non-hydrogen) atoms. The minimum Gasteiger partial charge on any atom is -0.450 e. The monoisotopic (exact) mass is 490 g/mol. The first-order valence-corrected chi connectivity index (χ1v) is 12.4. The highest BCUT2D eigenvalue weighted by atomic mass is 32.2. The first-order valence-electron chi connectivity index (χ1n) is 11.2. The molecule has 2 aliphatic heterocycles. The molecule has 1 N–H and O–H groups in total. The van der Waals surface area contributed by atoms with Crippen LogP contribution in [0.25, 0.3) is 6.08 Å². The number of hydrazine groups is 1. The number of rotatable bonds is 8. The molecule has 1 aromatic carbocycles. The van der Waals surface area contributed by atoms with E-state index in [0.29, 0.717) is 55.0 Å². The highest BCUT2D eigenvalue weighted by Crippen LogP contribution is 2.32. The van der Waals surface area contributed by atoms with Crippen LogP contribution in [0.3, 0.4) is 0 Å². The lowest BCUT2D eigenvalue weighted by Gasteiger charge is -2.34. The first-order chi connectivity index (χ1) is 15.9. The Kier molecular flexibility index (Phi) is 9.28. The second-order valence-electron chi connectivity index (χ2n) is 7.74. The van der Waals surface area contributed by atoms with E-state index in [4.69, 9.17) is 17.0 Å². The van der Waals surface area contributed by atoms with Gasteiger partial charge < -0.3 is 9.64 Å². The normalized spacial score (nSPS) is 18.2. The van der Waals surface area contributed by atoms with E-state index >= 15 is 0 Å². The molecule has 0 aliphatic carbocycles. The lowest BCUT2D eigenvalue weighted by atomic mass is 10.1. The van der Waals surface area contributed by atoms with E-state index in [9.17, 15) is 14.4 Å². The number of thioether (sulfide) groups is 1. The molecule has 0 radical (unpaired) electrons. The summed E-state index contributed by atoms with van der Waals surface area (Å²) in [6.07, 6.45) is 3.31. The van der Waals surface area contributed by atoms with Gasteiger partial charge in [0.05, 0.1) is 11.5 Å². The standard InChI is InChI=1S/C23H30N4O4S2/c1-3-17-7-9-18(10-8-17)16-19-21(29)27(23(32)33-19)11-5-6-20(28)24-26-14-12-25(13-15-26)22(30)31-4-2/h7-10,16H,3-6,11-15H2,1-2H3,(H,24,28)/b19-16+. The summed E-state index contributed by atoms with van der Waals surface area (Å²) in [5, 5.41) is 1.81. The van der Waals surface area contributed by atoms with Crippen LogP contribution in [0.15, 0.2) is 29.2 Å². The van der Waals surface area contributed by atoms with Crippen molar-refractivity contribution in [3.63, 3.8) is 0 Å². The van der Waals surface area contributed by atoms with Crippen LogP contribution in [0.4, 0.5) is 4.79 Å². The highest BCUT2D eigenvalue weighted by Gasteiger charge is 2.31. The van der Waals surface area contributed by atoms with Crippen molar-refractivity contribution < 1.29 is 19.1 Å². The Morgan fingerprint density at radius 3 is 2.48 bits per heavy atom. The molecule has 0 bridgehead atoms. The van der Waals surface area contributed by atoms with Crippen molar-refractivity contribution in [1.82, 2.24) is 20.2 Å². The lowest BCUT2D eigenvalue weighted by molar-refractivity contribution is -0.127. The Morgan fingerprint density at radius 1 is 1.15 bits per heavy atom. The maximum Gasteiger partial charge on any atom is 0.409 e. The fourth-order valence-corrected chi connectivity index (χ4v) is 4.85. The smallest absolute Gasteiger partial charge is 0.409 e. The van der Waals surface area contributed by atoms with Crippen molar-refractivity contribution in [3.8, 4) is 0 Å². The van der Waals surface area contributed by atoms with Crippen LogP contribution in [-0.4, -0.2) is 76.4 Å². The molecule has 0 spiro atoms. The van der Waals surface area contributed by atoms with E-state index < -0.39 is 0 Å². The van der Waals surface area contributed by atoms with E-state index in [1.807, 2.05) is 23.2 Å². The van der Waals surface area contributed by atoms with Crippen LogP contribution in [0.2, 0.25) is 0 Å². The summed E-state index contributed by atoms with van der Waals surface area (Å²) in [6, 6.07) is 8.12. The third kappa shape index (κ3) is 7.02. The number of piperazine rings is 1. The molecular formula is C23H30N4O4S2. The molecule has 8 nitrogen and oxygen atoms in total. The summed E-state index contributed by atoms with van der Waals surface area (Å²) in [4.78, 5) is 40.6. The van der Waals surface area contributed by atoms with Crippen LogP contribution in [0.1, 0.15) is 37.8 Å². The number of ether oxygens (including phenoxy) is 1. The summed E-state index contributed by atoms with van der Waals surface area (Å²) in [6.45, 7) is 6.73. The van der Waals surface area contributed by atoms with E-state index in [0.717, 1.165) is 12.0 Å². The van der Waals surface area contributed by atoms with E-state index in [1.54, 1.807) is 16.7 Å². The number of nitrogens with zero attached hydrogens (tertiary/aromatic N) is 3. The van der Waals surface area contributed by atoms with Crippen molar-refractivity contribution in [2.75, 3.05) is 39.3 Å². The molecule has 3 amide bonds. The molecule has 0 aromatic heterocycles. The van der Waals surface area contributed by atoms with Gasteiger partial charge in [-0.15, -0.1) is 0 Å². The van der Waals surface area contributed by atoms with Crippen LogP contribution in [0, 0.1) is 0 Å². The van der Waals surface area contributed by atoms with Crippen molar-refractivity contribution >= 4 is 52.3 Å². The SMILES string of the molecule is CCOC(=O)N1CCN(NC(=O)CCCN2C(=O)/C(=C\c3ccc(CC)cc3)SC2=S)CC1. The van der Waals surface area contributed by atoms with E-state index in [2.05, 4.69) is 24.5 Å². The zero-order valence-corrected chi connectivity index (χ0v) is 20.7. The number of carbonyl (C=O) groups excluding carboxylic acids is 3. The van der Waals surface area contributed by atoms with Gasteiger partial charge in [-0.2, -0.15) is 0 Å². The highest BCUT2D eigenvalue weighted by molar-refractivity contribution is 8.26. The largest absolute Gasteiger partial charge is 0.450 e. The Bertz CT molecular complexity index is 912. The van der Waals surface area contributed by atoms with Gasteiger partial charge in [-0.1, -0.05) is 55.2 Å². The zero-order valence-electron chi connectivity index (χ0n) is 19.0. The van der Waals surface area contributed by atoms with Crippen LogP contribution in [0.5, 0.6) is 0 Å². The van der Waals surface area contributed by atoms with Gasteiger partial charge in [0.2, 0.25) is 5.91 Å². The summed E-state index contributed by atoms with van der Waals surface area (Å²) in [7, 11) is 0. The van der Waals surface area contributed by atoms with Gasteiger partial charge in [0.15, 0.2) is 0 Å². The van der Waals surface area contributed by atoms with E-state index in [1.165, 1.54) is 17.3 Å². The minimum absolute atomic E-state index is 0.111. The number of benzene rings is 1. The topological polar surface area (TPSA) is 82.2 Å². The second kappa shape index (κ2) is 12.2. The van der Waals surface area contributed by atoms with Gasteiger partial charge in [-0.25, -0.2) is 9.80 Å². The molecular weight excluding hydrogens is 460 g/mol. The Balaban J connectivity index is 1.41. The molecule has 2 aliphatic rings. The third-order valence-electron chi connectivity index (χ3n) is 5.43. The number of hydrogen-bond donors (Lipinski definition) is 1. The number of carbonyl (C=O) groups is 3. The van der Waals surface area contributed by atoms with Crippen molar-refractivity contribution in [2.24, 2.45) is 0 Å². The zero-order chi connectivity index (χ0) is 23.8. The minimum atomic E-state index is -0.320. The van der Waals surface area contributed by atoms with Crippen LogP contribution in [-0.2, 0) is 20.7 Å². The van der Waals surface area contributed by atoms with Gasteiger partial charge >= 0.3 is 6.09 Å². The summed E-state index contributed by atoms with van der Waals surface area (Å²) < 4.78 is 5.52. The average molecular weight is 491 g/mol. The number of nitrogens with one attached hydrogen (secondary N) is 1. The van der Waals surface area contributed by atoms with Gasteiger partial charge in [-0.3, -0.25) is 19.9 Å². The Morgan fingerprint density at radius 2 is 1.85 bits per heavy atom. The molecule has 2 fully saturated rings. The molecule has 178 valence electrons. The quantitative estimate of drug-likeness (QED) is 0.443. The molecule has 0 atom stereocenters. The van der Waals surface area contributed by atoms with Gasteiger partial charge in [0.1, 0.15) is 4.32 Å². The Labute approximate surface area is 204 Å². The number of amides is 3. The summed E-state index contributed by atoms with van der Waals surface area (Å²) >= 11 is 6.68. The average Bonchev–Trinajstić information content (AvgIpc) is 3.07. The fourth-order valence-electron chi connectivity index (χ4n) is 3.54. The lowest BCUT2D eigenvalue weighted by Crippen LogP contribution is -2.54. The number of aryl methyl sites for hydroxylation is 1. The van der Waals surface area contributed by atoms with E-state index in [-0.39, 0.29) is 24.3 Å². The summed E-state index contributed by atoms with van der Waals surface area (Å²) in [5.41, 5.74) is 5.09. The number of thiocarbonyl (C=S) groups is 1. The Hall–Kier alpha value is -2.43. The van der Waals surface area contributed by atoms with Crippen molar-refractivity contribution in [2.45, 2.75) is 33.1 Å². The first kappa shape index (κ1) is 25.2. The number of hydrogen-bond acceptors (Lipinski definition) is 7. The van der Waals surface area contributed by atoms with Crippen molar-refractivity contribution in [3.05, 3.63) is 40.3 Å². The molecule has 2 saturated heterocycles. The third-order valence-corrected chi connectivity index (χ3v) is 6.81. The predicted octanol–water partition coefficient (Wildman–Crippen LogP) is 3.04. The van der Waals surface area contributed by atoms with Crippen molar-refractivity contribution in [1.29, 1.82) is 0 Å². The molecule has 0 saturated carbocycles.